The van der Waals surface area contributed by atoms with Crippen LogP contribution in [0.25, 0.3) is 4.96 Å². The zero-order valence-electron chi connectivity index (χ0n) is 9.40. The molecule has 2 aromatic heterocycles. The van der Waals surface area contributed by atoms with Crippen LogP contribution in [-0.4, -0.2) is 19.7 Å². The summed E-state index contributed by atoms with van der Waals surface area (Å²) in [6, 6.07) is 0. The van der Waals surface area contributed by atoms with E-state index in [1.807, 2.05) is 6.92 Å². The lowest BCUT2D eigenvalue weighted by Crippen LogP contribution is -2.15. The average Bonchev–Trinajstić information content (AvgIpc) is 2.58. The van der Waals surface area contributed by atoms with Gasteiger partial charge in [-0.15, -0.1) is 0 Å². The third-order valence-corrected chi connectivity index (χ3v) is 3.08. The smallest absolute Gasteiger partial charge is 0.212 e. The largest absolute Gasteiger partial charge is 0.390 e. The van der Waals surface area contributed by atoms with E-state index in [1.54, 1.807) is 15.9 Å². The summed E-state index contributed by atoms with van der Waals surface area (Å²) in [6.07, 6.45) is 0. The molecule has 0 unspecified atom stereocenters. The average molecular weight is 225 g/mol. The molecule has 0 fully saturated rings. The number of hydrogen-bond acceptors (Lipinski definition) is 4. The number of imidazole rings is 1. The summed E-state index contributed by atoms with van der Waals surface area (Å²) in [4.78, 5) is 5.40. The molecular formula is C10H15N3OS. The highest BCUT2D eigenvalue weighted by Crippen LogP contribution is 2.27. The first-order chi connectivity index (χ1) is 6.93. The lowest BCUT2D eigenvalue weighted by Gasteiger charge is -2.16. The Labute approximate surface area is 92.6 Å². The number of aryl methyl sites for hydroxylation is 1. The van der Waals surface area contributed by atoms with Crippen molar-refractivity contribution in [2.24, 2.45) is 0 Å². The van der Waals surface area contributed by atoms with Crippen LogP contribution in [-0.2, 0) is 12.0 Å². The second kappa shape index (κ2) is 3.28. The molecule has 82 valence electrons. The SMILES string of the molecule is Cc1nn2c(CO)c(C(C)(C)C)nc2s1. The van der Waals surface area contributed by atoms with Crippen LogP contribution in [0.5, 0.6) is 0 Å². The van der Waals surface area contributed by atoms with Crippen LogP contribution in [0.15, 0.2) is 0 Å². The molecule has 15 heavy (non-hydrogen) atoms. The molecule has 2 rings (SSSR count). The van der Waals surface area contributed by atoms with E-state index in [4.69, 9.17) is 0 Å². The summed E-state index contributed by atoms with van der Waals surface area (Å²) in [5, 5.41) is 14.7. The predicted octanol–water partition coefficient (Wildman–Crippen LogP) is 1.89. The van der Waals surface area contributed by atoms with Gasteiger partial charge in [0.1, 0.15) is 5.01 Å². The molecule has 2 heterocycles. The number of fused-ring (bicyclic) bond motifs is 1. The predicted molar refractivity (Wildman–Crippen MR) is 60.2 cm³/mol. The topological polar surface area (TPSA) is 50.4 Å². The van der Waals surface area contributed by atoms with Gasteiger partial charge in [-0.25, -0.2) is 9.50 Å². The first-order valence-corrected chi connectivity index (χ1v) is 5.71. The van der Waals surface area contributed by atoms with Crippen molar-refractivity contribution in [3.05, 3.63) is 16.4 Å². The highest BCUT2D eigenvalue weighted by Gasteiger charge is 2.24. The highest BCUT2D eigenvalue weighted by molar-refractivity contribution is 7.16. The molecule has 0 radical (unpaired) electrons. The quantitative estimate of drug-likeness (QED) is 0.806. The van der Waals surface area contributed by atoms with E-state index in [1.165, 1.54) is 0 Å². The zero-order chi connectivity index (χ0) is 11.2. The fourth-order valence-electron chi connectivity index (χ4n) is 1.63. The van der Waals surface area contributed by atoms with Gasteiger partial charge in [-0.2, -0.15) is 5.10 Å². The van der Waals surface area contributed by atoms with Crippen molar-refractivity contribution >= 4 is 16.3 Å². The summed E-state index contributed by atoms with van der Waals surface area (Å²) in [5.41, 5.74) is 1.69. The number of hydrogen-bond donors (Lipinski definition) is 1. The summed E-state index contributed by atoms with van der Waals surface area (Å²) in [7, 11) is 0. The molecular weight excluding hydrogens is 210 g/mol. The summed E-state index contributed by atoms with van der Waals surface area (Å²) >= 11 is 1.55. The van der Waals surface area contributed by atoms with Gasteiger partial charge in [0.25, 0.3) is 0 Å². The van der Waals surface area contributed by atoms with Crippen LogP contribution in [0.4, 0.5) is 0 Å². The minimum atomic E-state index is -0.0562. The fraction of sp³-hybridized carbons (Fsp3) is 0.600. The molecule has 0 saturated carbocycles. The van der Waals surface area contributed by atoms with Crippen LogP contribution in [0.1, 0.15) is 37.2 Å². The van der Waals surface area contributed by atoms with Gasteiger partial charge >= 0.3 is 0 Å². The van der Waals surface area contributed by atoms with E-state index in [9.17, 15) is 5.11 Å². The van der Waals surface area contributed by atoms with Crippen molar-refractivity contribution in [3.8, 4) is 0 Å². The molecule has 0 aromatic carbocycles. The maximum absolute atomic E-state index is 9.38. The van der Waals surface area contributed by atoms with Crippen LogP contribution in [0, 0.1) is 6.92 Å². The maximum Gasteiger partial charge on any atom is 0.212 e. The number of aliphatic hydroxyl groups excluding tert-OH is 1. The van der Waals surface area contributed by atoms with Gasteiger partial charge in [0.05, 0.1) is 18.0 Å². The summed E-state index contributed by atoms with van der Waals surface area (Å²) in [5.74, 6) is 0. The van der Waals surface area contributed by atoms with E-state index >= 15 is 0 Å². The number of rotatable bonds is 1. The van der Waals surface area contributed by atoms with Crippen molar-refractivity contribution in [3.63, 3.8) is 0 Å². The molecule has 0 aliphatic carbocycles. The van der Waals surface area contributed by atoms with Crippen LogP contribution < -0.4 is 0 Å². The minimum absolute atomic E-state index is 0.0169. The molecule has 1 N–H and O–H groups in total. The van der Waals surface area contributed by atoms with E-state index in [-0.39, 0.29) is 12.0 Å². The lowest BCUT2D eigenvalue weighted by atomic mass is 9.91. The van der Waals surface area contributed by atoms with E-state index in [2.05, 4.69) is 30.9 Å². The normalized spacial score (nSPS) is 12.6. The monoisotopic (exact) mass is 225 g/mol. The van der Waals surface area contributed by atoms with Crippen molar-refractivity contribution < 1.29 is 5.11 Å². The first-order valence-electron chi connectivity index (χ1n) is 4.90. The Kier molecular flexibility index (Phi) is 2.31. The molecule has 0 saturated heterocycles. The van der Waals surface area contributed by atoms with Crippen molar-refractivity contribution in [1.29, 1.82) is 0 Å². The van der Waals surface area contributed by atoms with E-state index in [0.717, 1.165) is 21.4 Å². The second-order valence-corrected chi connectivity index (χ2v) is 5.79. The Bertz CT molecular complexity index is 492. The molecule has 0 atom stereocenters. The molecule has 0 spiro atoms. The number of aliphatic hydroxyl groups is 1. The Hall–Kier alpha value is -0.940. The summed E-state index contributed by atoms with van der Waals surface area (Å²) in [6.45, 7) is 8.19. The van der Waals surface area contributed by atoms with Gasteiger partial charge in [0.15, 0.2) is 0 Å². The third-order valence-electron chi connectivity index (χ3n) is 2.26. The first kappa shape index (κ1) is 10.6. The summed E-state index contributed by atoms with van der Waals surface area (Å²) < 4.78 is 1.75. The van der Waals surface area contributed by atoms with Crippen LogP contribution in [0.3, 0.4) is 0 Å². The van der Waals surface area contributed by atoms with Crippen LogP contribution >= 0.6 is 11.3 Å². The van der Waals surface area contributed by atoms with Crippen molar-refractivity contribution in [2.45, 2.75) is 39.7 Å². The second-order valence-electron chi connectivity index (χ2n) is 4.63. The maximum atomic E-state index is 9.38. The van der Waals surface area contributed by atoms with E-state index < -0.39 is 0 Å². The molecule has 5 heteroatoms. The molecule has 2 aromatic rings. The van der Waals surface area contributed by atoms with Gasteiger partial charge < -0.3 is 5.11 Å². The molecule has 0 aliphatic heterocycles. The van der Waals surface area contributed by atoms with Crippen molar-refractivity contribution in [1.82, 2.24) is 14.6 Å². The molecule has 4 nitrogen and oxygen atoms in total. The number of nitrogens with zero attached hydrogens (tertiary/aromatic N) is 3. The van der Waals surface area contributed by atoms with E-state index in [0.29, 0.717) is 0 Å². The standard InChI is InChI=1S/C10H15N3OS/c1-6-12-13-7(5-14)8(10(2,3)4)11-9(13)15-6/h14H,5H2,1-4H3. The van der Waals surface area contributed by atoms with Crippen molar-refractivity contribution in [2.75, 3.05) is 0 Å². The van der Waals surface area contributed by atoms with Gasteiger partial charge in [-0.3, -0.25) is 0 Å². The van der Waals surface area contributed by atoms with Gasteiger partial charge in [0, 0.05) is 5.41 Å². The van der Waals surface area contributed by atoms with Crippen LogP contribution in [0.2, 0.25) is 0 Å². The Morgan fingerprint density at radius 1 is 1.40 bits per heavy atom. The Balaban J connectivity index is 2.71. The van der Waals surface area contributed by atoms with Gasteiger partial charge in [0.2, 0.25) is 4.96 Å². The lowest BCUT2D eigenvalue weighted by molar-refractivity contribution is 0.270. The fourth-order valence-corrected chi connectivity index (χ4v) is 2.39. The van der Waals surface area contributed by atoms with Gasteiger partial charge in [-0.05, 0) is 6.92 Å². The number of aromatic nitrogens is 3. The molecule has 0 bridgehead atoms. The van der Waals surface area contributed by atoms with Gasteiger partial charge in [-0.1, -0.05) is 32.1 Å². The Morgan fingerprint density at radius 3 is 2.60 bits per heavy atom. The Morgan fingerprint density at radius 2 is 2.07 bits per heavy atom. The minimum Gasteiger partial charge on any atom is -0.390 e. The molecule has 0 amide bonds. The zero-order valence-corrected chi connectivity index (χ0v) is 10.2. The third kappa shape index (κ3) is 1.66. The highest BCUT2D eigenvalue weighted by atomic mass is 32.1. The molecule has 0 aliphatic rings.